The molecule has 0 aliphatic carbocycles. The molecule has 41 heavy (non-hydrogen) atoms. The van der Waals surface area contributed by atoms with E-state index in [4.69, 9.17) is 18.6 Å². The first-order chi connectivity index (χ1) is 20.0. The van der Waals surface area contributed by atoms with Crippen LogP contribution >= 0.6 is 11.8 Å². The zero-order valence-corrected chi connectivity index (χ0v) is 23.2. The van der Waals surface area contributed by atoms with E-state index in [2.05, 4.69) is 20.7 Å². The number of thioether (sulfide) groups is 1. The second kappa shape index (κ2) is 12.4. The van der Waals surface area contributed by atoms with Gasteiger partial charge in [-0.2, -0.15) is 5.10 Å². The van der Waals surface area contributed by atoms with Gasteiger partial charge in [0.1, 0.15) is 11.8 Å². The molecule has 2 aromatic heterocycles. The fraction of sp³-hybridized carbons (Fsp3) is 0.138. The van der Waals surface area contributed by atoms with Crippen LogP contribution in [0.4, 0.5) is 0 Å². The molecule has 0 unspecified atom stereocenters. The Bertz CT molecular complexity index is 1760. The molecule has 12 heteroatoms. The number of rotatable bonds is 10. The lowest BCUT2D eigenvalue weighted by Crippen LogP contribution is -2.20. The molecule has 5 aromatic rings. The van der Waals surface area contributed by atoms with Crippen molar-refractivity contribution in [2.75, 3.05) is 27.1 Å². The Balaban J connectivity index is 1.37. The number of fused-ring (bicyclic) bond motifs is 1. The number of methoxy groups -OCH3 is 3. The van der Waals surface area contributed by atoms with Crippen molar-refractivity contribution in [1.82, 2.24) is 20.2 Å². The largest absolute Gasteiger partial charge is 0.493 e. The minimum atomic E-state index is -0.395. The molecule has 0 saturated carbocycles. The molecule has 1 amide bonds. The predicted molar refractivity (Wildman–Crippen MR) is 155 cm³/mol. The van der Waals surface area contributed by atoms with E-state index >= 15 is 0 Å². The number of ether oxygens (including phenoxy) is 3. The van der Waals surface area contributed by atoms with Gasteiger partial charge in [0.25, 0.3) is 5.91 Å². The highest BCUT2D eigenvalue weighted by atomic mass is 32.2. The summed E-state index contributed by atoms with van der Waals surface area (Å²) in [4.78, 5) is 25.2. The molecule has 0 atom stereocenters. The first-order valence-corrected chi connectivity index (χ1v) is 13.3. The molecule has 2 heterocycles. The molecule has 0 saturated heterocycles. The summed E-state index contributed by atoms with van der Waals surface area (Å²) in [7, 11) is 4.61. The van der Waals surface area contributed by atoms with Crippen LogP contribution in [-0.4, -0.2) is 54.0 Å². The number of benzene rings is 3. The number of aromatic nitrogens is 3. The molecule has 0 radical (unpaired) electrons. The Morgan fingerprint density at radius 3 is 2.41 bits per heavy atom. The van der Waals surface area contributed by atoms with Gasteiger partial charge in [0.2, 0.25) is 11.2 Å². The quantitative estimate of drug-likeness (QED) is 0.148. The molecule has 11 nitrogen and oxygen atoms in total. The number of hydrogen-bond acceptors (Lipinski definition) is 10. The van der Waals surface area contributed by atoms with Crippen molar-refractivity contribution >= 4 is 34.9 Å². The smallest absolute Gasteiger partial charge is 0.250 e. The van der Waals surface area contributed by atoms with Gasteiger partial charge < -0.3 is 18.6 Å². The van der Waals surface area contributed by atoms with E-state index in [0.29, 0.717) is 44.8 Å². The third kappa shape index (κ3) is 5.77. The summed E-state index contributed by atoms with van der Waals surface area (Å²) in [6.07, 6.45) is 2.57. The van der Waals surface area contributed by atoms with Crippen molar-refractivity contribution in [3.63, 3.8) is 0 Å². The number of nitrogens with one attached hydrogen (secondary N) is 1. The molecule has 0 aliphatic heterocycles. The van der Waals surface area contributed by atoms with E-state index in [1.54, 1.807) is 36.4 Å². The SMILES string of the molecule is COc1cc(-c2nnc(SCC(=O)N/N=C/c3coc4ccccc4c3=O)n2-c2ccccc2)cc(OC)c1OC. The molecule has 5 rings (SSSR count). The maximum Gasteiger partial charge on any atom is 0.250 e. The van der Waals surface area contributed by atoms with Crippen molar-refractivity contribution in [2.45, 2.75) is 5.16 Å². The van der Waals surface area contributed by atoms with Crippen LogP contribution in [0, 0.1) is 0 Å². The average Bonchev–Trinajstić information content (AvgIpc) is 3.45. The van der Waals surface area contributed by atoms with Crippen LogP contribution in [0.3, 0.4) is 0 Å². The van der Waals surface area contributed by atoms with E-state index in [1.165, 1.54) is 45.6 Å². The van der Waals surface area contributed by atoms with Gasteiger partial charge >= 0.3 is 0 Å². The van der Waals surface area contributed by atoms with E-state index in [-0.39, 0.29) is 16.7 Å². The van der Waals surface area contributed by atoms with Gasteiger partial charge in [-0.3, -0.25) is 14.2 Å². The highest BCUT2D eigenvalue weighted by Gasteiger charge is 2.21. The Kier molecular flexibility index (Phi) is 8.30. The van der Waals surface area contributed by atoms with E-state index in [1.807, 2.05) is 34.9 Å². The molecule has 0 bridgehead atoms. The van der Waals surface area contributed by atoms with Gasteiger partial charge in [-0.15, -0.1) is 10.2 Å². The average molecular weight is 572 g/mol. The van der Waals surface area contributed by atoms with Gasteiger partial charge in [-0.1, -0.05) is 42.1 Å². The summed E-state index contributed by atoms with van der Waals surface area (Å²) in [6, 6.07) is 20.0. The number of nitrogens with zero attached hydrogens (tertiary/aromatic N) is 4. The van der Waals surface area contributed by atoms with Crippen molar-refractivity contribution in [1.29, 1.82) is 0 Å². The Labute approximate surface area is 238 Å². The second-order valence-corrected chi connectivity index (χ2v) is 9.43. The fourth-order valence-electron chi connectivity index (χ4n) is 4.09. The number of carbonyl (C=O) groups excluding carboxylic acids is 1. The topological polar surface area (TPSA) is 130 Å². The number of amides is 1. The van der Waals surface area contributed by atoms with Crippen LogP contribution in [-0.2, 0) is 4.79 Å². The van der Waals surface area contributed by atoms with Crippen molar-refractivity contribution in [3.05, 3.63) is 88.8 Å². The summed E-state index contributed by atoms with van der Waals surface area (Å²) < 4.78 is 23.8. The lowest BCUT2D eigenvalue weighted by atomic mass is 10.1. The van der Waals surface area contributed by atoms with Crippen LogP contribution < -0.4 is 25.1 Å². The van der Waals surface area contributed by atoms with Crippen LogP contribution in [0.1, 0.15) is 5.56 Å². The highest BCUT2D eigenvalue weighted by Crippen LogP contribution is 2.41. The Morgan fingerprint density at radius 2 is 1.71 bits per heavy atom. The molecule has 3 aromatic carbocycles. The number of hydrogen-bond donors (Lipinski definition) is 1. The number of hydrazone groups is 1. The zero-order chi connectivity index (χ0) is 28.8. The summed E-state index contributed by atoms with van der Waals surface area (Å²) in [5.41, 5.74) is 4.36. The highest BCUT2D eigenvalue weighted by molar-refractivity contribution is 7.99. The monoisotopic (exact) mass is 571 g/mol. The van der Waals surface area contributed by atoms with Gasteiger partial charge in [-0.25, -0.2) is 5.43 Å². The molecule has 0 aliphatic rings. The second-order valence-electron chi connectivity index (χ2n) is 8.49. The third-order valence-electron chi connectivity index (χ3n) is 6.00. The zero-order valence-electron chi connectivity index (χ0n) is 22.4. The van der Waals surface area contributed by atoms with Crippen LogP contribution in [0.2, 0.25) is 0 Å². The van der Waals surface area contributed by atoms with Crippen LogP contribution in [0.15, 0.2) is 92.5 Å². The molecular weight excluding hydrogens is 546 g/mol. The first kappa shape index (κ1) is 27.5. The minimum absolute atomic E-state index is 0.0100. The fourth-order valence-corrected chi connectivity index (χ4v) is 4.83. The molecule has 0 fully saturated rings. The summed E-state index contributed by atoms with van der Waals surface area (Å²) in [5.74, 6) is 1.50. The van der Waals surface area contributed by atoms with Crippen LogP contribution in [0.25, 0.3) is 28.0 Å². The Morgan fingerprint density at radius 1 is 1.00 bits per heavy atom. The molecule has 208 valence electrons. The Hall–Kier alpha value is -5.10. The third-order valence-corrected chi connectivity index (χ3v) is 6.93. The van der Waals surface area contributed by atoms with E-state index in [0.717, 1.165) is 5.69 Å². The maximum absolute atomic E-state index is 12.6. The van der Waals surface area contributed by atoms with Gasteiger partial charge in [0.05, 0.1) is 44.2 Å². The summed E-state index contributed by atoms with van der Waals surface area (Å²) in [5, 5.41) is 13.6. The molecule has 0 spiro atoms. The van der Waals surface area contributed by atoms with Gasteiger partial charge in [0, 0.05) is 11.3 Å². The van der Waals surface area contributed by atoms with Gasteiger partial charge in [0.15, 0.2) is 22.5 Å². The van der Waals surface area contributed by atoms with E-state index in [9.17, 15) is 9.59 Å². The van der Waals surface area contributed by atoms with E-state index < -0.39 is 5.91 Å². The number of carbonyl (C=O) groups is 1. The molecule has 1 N–H and O–H groups in total. The van der Waals surface area contributed by atoms with Crippen LogP contribution in [0.5, 0.6) is 17.2 Å². The lowest BCUT2D eigenvalue weighted by Gasteiger charge is -2.15. The summed E-state index contributed by atoms with van der Waals surface area (Å²) in [6.45, 7) is 0. The normalized spacial score (nSPS) is 11.1. The van der Waals surface area contributed by atoms with Crippen molar-refractivity contribution in [3.8, 4) is 34.3 Å². The lowest BCUT2D eigenvalue weighted by molar-refractivity contribution is -0.118. The number of para-hydroxylation sites is 2. The van der Waals surface area contributed by atoms with Crippen molar-refractivity contribution in [2.24, 2.45) is 5.10 Å². The standard InChI is InChI=1S/C29H25N5O6S/c1-37-23-13-18(14-24(38-2)27(23)39-3)28-32-33-29(34(28)20-9-5-4-6-10-20)41-17-25(35)31-30-15-19-16-40-22-12-8-7-11-21(22)26(19)36/h4-16H,17H2,1-3H3,(H,31,35)/b30-15+. The van der Waals surface area contributed by atoms with Crippen molar-refractivity contribution < 1.29 is 23.4 Å². The summed E-state index contributed by atoms with van der Waals surface area (Å²) >= 11 is 1.18. The van der Waals surface area contributed by atoms with Gasteiger partial charge in [-0.05, 0) is 36.4 Å². The first-order valence-electron chi connectivity index (χ1n) is 12.3. The maximum atomic E-state index is 12.6. The predicted octanol–water partition coefficient (Wildman–Crippen LogP) is 4.31. The molecular formula is C29H25N5O6S. The minimum Gasteiger partial charge on any atom is -0.493 e.